The Morgan fingerprint density at radius 2 is 1.75 bits per heavy atom. The van der Waals surface area contributed by atoms with E-state index in [1.165, 1.54) is 0 Å². The molecule has 0 spiro atoms. The van der Waals surface area contributed by atoms with E-state index in [2.05, 4.69) is 34.3 Å². The third-order valence-corrected chi connectivity index (χ3v) is 7.45. The molecule has 2 N–H and O–H groups in total. The summed E-state index contributed by atoms with van der Waals surface area (Å²) in [6, 6.07) is 17.7. The van der Waals surface area contributed by atoms with Crippen LogP contribution in [0.5, 0.6) is 0 Å². The molecule has 0 unspecified atom stereocenters. The standard InChI is InChI=1S/C24H26N4O3S/c1-3-28(4-2)15-14-23(29)25-18-12-13-20-21(16-18)26-27-24(20)32(30,31)22-11-7-9-17-8-5-6-10-19(17)22/h5-13,16H,3-4,14-15H2,1-2H3,(H,25,29)(H,26,27). The maximum absolute atomic E-state index is 13.4. The molecular weight excluding hydrogens is 424 g/mol. The molecule has 0 bridgehead atoms. The van der Waals surface area contributed by atoms with Gasteiger partial charge in [0.1, 0.15) is 0 Å². The van der Waals surface area contributed by atoms with Crippen molar-refractivity contribution >= 4 is 43.1 Å². The first kappa shape index (κ1) is 22.0. The van der Waals surface area contributed by atoms with Crippen molar-refractivity contribution in [1.82, 2.24) is 15.1 Å². The lowest BCUT2D eigenvalue weighted by atomic mass is 10.1. The van der Waals surface area contributed by atoms with Gasteiger partial charge in [0.2, 0.25) is 15.7 Å². The van der Waals surface area contributed by atoms with Gasteiger partial charge in [0.15, 0.2) is 5.03 Å². The predicted molar refractivity (Wildman–Crippen MR) is 127 cm³/mol. The molecule has 8 heteroatoms. The summed E-state index contributed by atoms with van der Waals surface area (Å²) in [6.45, 7) is 6.62. The highest BCUT2D eigenvalue weighted by molar-refractivity contribution is 7.91. The smallest absolute Gasteiger partial charge is 0.225 e. The van der Waals surface area contributed by atoms with Crippen LogP contribution in [0.3, 0.4) is 0 Å². The van der Waals surface area contributed by atoms with E-state index in [0.717, 1.165) is 18.5 Å². The number of sulfone groups is 1. The van der Waals surface area contributed by atoms with Gasteiger partial charge in [-0.15, -0.1) is 0 Å². The number of aromatic nitrogens is 2. The maximum Gasteiger partial charge on any atom is 0.225 e. The summed E-state index contributed by atoms with van der Waals surface area (Å²) in [5.41, 5.74) is 1.06. The minimum Gasteiger partial charge on any atom is -0.326 e. The molecule has 0 aliphatic rings. The Kier molecular flexibility index (Phi) is 6.25. The fraction of sp³-hybridized carbons (Fsp3) is 0.250. The summed E-state index contributed by atoms with van der Waals surface area (Å²) in [5.74, 6) is -0.0876. The maximum atomic E-state index is 13.4. The van der Waals surface area contributed by atoms with Gasteiger partial charge in [-0.2, -0.15) is 5.10 Å². The van der Waals surface area contributed by atoms with E-state index in [9.17, 15) is 13.2 Å². The number of carbonyl (C=O) groups is 1. The van der Waals surface area contributed by atoms with Crippen molar-refractivity contribution in [3.8, 4) is 0 Å². The number of hydrogen-bond acceptors (Lipinski definition) is 5. The van der Waals surface area contributed by atoms with Crippen LogP contribution in [0.2, 0.25) is 0 Å². The molecule has 1 amide bonds. The molecule has 1 aromatic heterocycles. The number of rotatable bonds is 8. The van der Waals surface area contributed by atoms with Gasteiger partial charge in [-0.05, 0) is 42.7 Å². The van der Waals surface area contributed by atoms with Crippen LogP contribution in [0.15, 0.2) is 70.6 Å². The Labute approximate surface area is 187 Å². The number of amides is 1. The van der Waals surface area contributed by atoms with Crippen LogP contribution in [-0.2, 0) is 14.6 Å². The topological polar surface area (TPSA) is 95.2 Å². The third-order valence-electron chi connectivity index (χ3n) is 5.66. The van der Waals surface area contributed by atoms with Gasteiger partial charge in [0.05, 0.1) is 10.4 Å². The quantitative estimate of drug-likeness (QED) is 0.419. The number of anilines is 1. The summed E-state index contributed by atoms with van der Waals surface area (Å²) in [6.07, 6.45) is 0.390. The van der Waals surface area contributed by atoms with E-state index in [1.54, 1.807) is 36.4 Å². The zero-order valence-electron chi connectivity index (χ0n) is 18.1. The lowest BCUT2D eigenvalue weighted by Crippen LogP contribution is -2.27. The molecule has 0 saturated carbocycles. The number of nitrogens with one attached hydrogen (secondary N) is 2. The molecule has 0 atom stereocenters. The Morgan fingerprint density at radius 3 is 2.53 bits per heavy atom. The molecule has 0 aliphatic carbocycles. The number of H-pyrrole nitrogens is 1. The Morgan fingerprint density at radius 1 is 1.00 bits per heavy atom. The molecule has 0 aliphatic heterocycles. The van der Waals surface area contributed by atoms with Gasteiger partial charge in [-0.3, -0.25) is 9.89 Å². The van der Waals surface area contributed by atoms with Crippen LogP contribution >= 0.6 is 0 Å². The van der Waals surface area contributed by atoms with E-state index in [1.807, 2.05) is 24.3 Å². The summed E-state index contributed by atoms with van der Waals surface area (Å²) in [5, 5.41) is 11.8. The average molecular weight is 451 g/mol. The lowest BCUT2D eigenvalue weighted by Gasteiger charge is -2.17. The number of nitrogens with zero attached hydrogens (tertiary/aromatic N) is 2. The number of benzene rings is 3. The number of carbonyl (C=O) groups excluding carboxylic acids is 1. The van der Waals surface area contributed by atoms with Crippen LogP contribution < -0.4 is 5.32 Å². The minimum absolute atomic E-state index is 0.0447. The van der Waals surface area contributed by atoms with Crippen LogP contribution in [0.4, 0.5) is 5.69 Å². The zero-order valence-corrected chi connectivity index (χ0v) is 18.9. The highest BCUT2D eigenvalue weighted by atomic mass is 32.2. The monoisotopic (exact) mass is 450 g/mol. The fourth-order valence-electron chi connectivity index (χ4n) is 3.83. The SMILES string of the molecule is CCN(CC)CCC(=O)Nc1ccc2c(S(=O)(=O)c3cccc4ccccc34)[nH]nc2c1. The molecule has 1 heterocycles. The molecule has 0 radical (unpaired) electrons. The van der Waals surface area contributed by atoms with Crippen LogP contribution in [0.25, 0.3) is 21.7 Å². The van der Waals surface area contributed by atoms with Crippen molar-refractivity contribution in [2.24, 2.45) is 0 Å². The van der Waals surface area contributed by atoms with E-state index >= 15 is 0 Å². The lowest BCUT2D eigenvalue weighted by molar-refractivity contribution is -0.116. The van der Waals surface area contributed by atoms with Gasteiger partial charge < -0.3 is 10.2 Å². The molecule has 32 heavy (non-hydrogen) atoms. The second kappa shape index (κ2) is 9.10. The van der Waals surface area contributed by atoms with E-state index in [-0.39, 0.29) is 15.8 Å². The van der Waals surface area contributed by atoms with Crippen molar-refractivity contribution in [2.45, 2.75) is 30.2 Å². The molecule has 4 rings (SSSR count). The van der Waals surface area contributed by atoms with Crippen LogP contribution in [-0.4, -0.2) is 49.1 Å². The van der Waals surface area contributed by atoms with Gasteiger partial charge in [0, 0.05) is 29.4 Å². The van der Waals surface area contributed by atoms with Crippen molar-refractivity contribution in [2.75, 3.05) is 25.0 Å². The average Bonchev–Trinajstić information content (AvgIpc) is 3.23. The molecule has 3 aromatic carbocycles. The van der Waals surface area contributed by atoms with Gasteiger partial charge >= 0.3 is 0 Å². The summed E-state index contributed by atoms with van der Waals surface area (Å²) in [7, 11) is -3.82. The third kappa shape index (κ3) is 4.24. The molecule has 0 saturated heterocycles. The molecule has 166 valence electrons. The van der Waals surface area contributed by atoms with Crippen LogP contribution in [0, 0.1) is 0 Å². The minimum atomic E-state index is -3.82. The van der Waals surface area contributed by atoms with Gasteiger partial charge in [-0.25, -0.2) is 8.42 Å². The first-order valence-electron chi connectivity index (χ1n) is 10.7. The summed E-state index contributed by atoms with van der Waals surface area (Å²) < 4.78 is 26.9. The van der Waals surface area contributed by atoms with Crippen molar-refractivity contribution < 1.29 is 13.2 Å². The highest BCUT2D eigenvalue weighted by Gasteiger charge is 2.25. The van der Waals surface area contributed by atoms with E-state index in [4.69, 9.17) is 0 Å². The van der Waals surface area contributed by atoms with Crippen molar-refractivity contribution in [1.29, 1.82) is 0 Å². The van der Waals surface area contributed by atoms with E-state index < -0.39 is 9.84 Å². The number of hydrogen-bond donors (Lipinski definition) is 2. The molecule has 0 fully saturated rings. The highest BCUT2D eigenvalue weighted by Crippen LogP contribution is 2.31. The Hall–Kier alpha value is -3.23. The summed E-state index contributed by atoms with van der Waals surface area (Å²) in [4.78, 5) is 14.7. The number of fused-ring (bicyclic) bond motifs is 2. The normalized spacial score (nSPS) is 12.0. The largest absolute Gasteiger partial charge is 0.326 e. The fourth-order valence-corrected chi connectivity index (χ4v) is 5.41. The second-order valence-corrected chi connectivity index (χ2v) is 9.45. The zero-order chi connectivity index (χ0) is 22.7. The second-order valence-electron chi connectivity index (χ2n) is 7.59. The van der Waals surface area contributed by atoms with Crippen molar-refractivity contribution in [3.05, 3.63) is 60.7 Å². The van der Waals surface area contributed by atoms with Crippen LogP contribution in [0.1, 0.15) is 20.3 Å². The first-order valence-corrected chi connectivity index (χ1v) is 12.2. The van der Waals surface area contributed by atoms with E-state index in [0.29, 0.717) is 34.9 Å². The molecule has 4 aromatic rings. The Balaban J connectivity index is 1.61. The summed E-state index contributed by atoms with van der Waals surface area (Å²) >= 11 is 0. The Bertz CT molecular complexity index is 1370. The predicted octanol–water partition coefficient (Wildman–Crippen LogP) is 4.22. The van der Waals surface area contributed by atoms with Gasteiger partial charge in [-0.1, -0.05) is 50.2 Å². The number of aromatic amines is 1. The van der Waals surface area contributed by atoms with Gasteiger partial charge in [0.25, 0.3) is 0 Å². The molecular formula is C24H26N4O3S. The molecule has 7 nitrogen and oxygen atoms in total. The van der Waals surface area contributed by atoms with Crippen molar-refractivity contribution in [3.63, 3.8) is 0 Å². The first-order chi connectivity index (χ1) is 15.4.